The van der Waals surface area contributed by atoms with E-state index in [-0.39, 0.29) is 0 Å². The highest BCUT2D eigenvalue weighted by molar-refractivity contribution is 5.84. The van der Waals surface area contributed by atoms with E-state index in [2.05, 4.69) is 46.1 Å². The van der Waals surface area contributed by atoms with Gasteiger partial charge in [-0.25, -0.2) is 0 Å². The van der Waals surface area contributed by atoms with Crippen molar-refractivity contribution < 1.29 is 4.74 Å². The third-order valence-corrected chi connectivity index (χ3v) is 4.00. The second-order valence-electron chi connectivity index (χ2n) is 5.36. The molecule has 5 nitrogen and oxygen atoms in total. The maximum atomic E-state index is 6.05. The molecule has 1 aromatic carbocycles. The Morgan fingerprint density at radius 1 is 1.33 bits per heavy atom. The van der Waals surface area contributed by atoms with Gasteiger partial charge < -0.3 is 20.4 Å². The minimum Gasteiger partial charge on any atom is -0.378 e. The van der Waals surface area contributed by atoms with Gasteiger partial charge in [-0.2, -0.15) is 0 Å². The zero-order valence-corrected chi connectivity index (χ0v) is 12.4. The van der Waals surface area contributed by atoms with Crippen molar-refractivity contribution in [2.24, 2.45) is 10.7 Å². The van der Waals surface area contributed by atoms with Crippen LogP contribution in [0.3, 0.4) is 0 Å². The number of benzene rings is 1. The SMILES string of the molecule is Cc1[nH]c2ccccc2c1CCN=C(N)N1CCOCC1. The Kier molecular flexibility index (Phi) is 4.10. The molecule has 0 atom stereocenters. The molecule has 0 bridgehead atoms. The van der Waals surface area contributed by atoms with E-state index in [0.717, 1.165) is 32.7 Å². The summed E-state index contributed by atoms with van der Waals surface area (Å²) in [5.41, 5.74) is 9.80. The van der Waals surface area contributed by atoms with E-state index in [0.29, 0.717) is 12.5 Å². The van der Waals surface area contributed by atoms with Crippen LogP contribution in [0.15, 0.2) is 29.3 Å². The number of morpholine rings is 1. The Bertz CT molecular complexity index is 641. The molecule has 1 aliphatic heterocycles. The highest BCUT2D eigenvalue weighted by atomic mass is 16.5. The minimum atomic E-state index is 0.635. The third-order valence-electron chi connectivity index (χ3n) is 4.00. The van der Waals surface area contributed by atoms with Crippen LogP contribution in [-0.4, -0.2) is 48.7 Å². The first-order chi connectivity index (χ1) is 10.3. The highest BCUT2D eigenvalue weighted by Gasteiger charge is 2.12. The normalized spacial score (nSPS) is 16.6. The quantitative estimate of drug-likeness (QED) is 0.666. The zero-order valence-electron chi connectivity index (χ0n) is 12.4. The van der Waals surface area contributed by atoms with Crippen LogP contribution in [0.25, 0.3) is 10.9 Å². The Morgan fingerprint density at radius 2 is 2.10 bits per heavy atom. The predicted molar refractivity (Wildman–Crippen MR) is 85.6 cm³/mol. The monoisotopic (exact) mass is 286 g/mol. The van der Waals surface area contributed by atoms with Gasteiger partial charge in [0.05, 0.1) is 13.2 Å². The van der Waals surface area contributed by atoms with Crippen LogP contribution < -0.4 is 5.73 Å². The van der Waals surface area contributed by atoms with Crippen LogP contribution in [-0.2, 0) is 11.2 Å². The average Bonchev–Trinajstić information content (AvgIpc) is 2.84. The molecule has 0 spiro atoms. The fourth-order valence-corrected chi connectivity index (χ4v) is 2.83. The van der Waals surface area contributed by atoms with Gasteiger partial charge in [0.1, 0.15) is 0 Å². The number of aromatic amines is 1. The molecule has 0 amide bonds. The molecular weight excluding hydrogens is 264 g/mol. The molecule has 0 aliphatic carbocycles. The fraction of sp³-hybridized carbons (Fsp3) is 0.438. The molecule has 5 heteroatoms. The lowest BCUT2D eigenvalue weighted by atomic mass is 10.1. The summed E-state index contributed by atoms with van der Waals surface area (Å²) in [6, 6.07) is 8.39. The minimum absolute atomic E-state index is 0.635. The van der Waals surface area contributed by atoms with Crippen LogP contribution in [0.4, 0.5) is 0 Å². The molecule has 3 rings (SSSR count). The zero-order chi connectivity index (χ0) is 14.7. The molecule has 112 valence electrons. The number of aliphatic imine (C=N–C) groups is 1. The smallest absolute Gasteiger partial charge is 0.191 e. The fourth-order valence-electron chi connectivity index (χ4n) is 2.83. The first-order valence-corrected chi connectivity index (χ1v) is 7.44. The van der Waals surface area contributed by atoms with Crippen LogP contribution >= 0.6 is 0 Å². The Labute approximate surface area is 124 Å². The van der Waals surface area contributed by atoms with E-state index in [9.17, 15) is 0 Å². The number of H-pyrrole nitrogens is 1. The van der Waals surface area contributed by atoms with E-state index >= 15 is 0 Å². The second kappa shape index (κ2) is 6.18. The molecule has 1 fully saturated rings. The molecule has 21 heavy (non-hydrogen) atoms. The van der Waals surface area contributed by atoms with Crippen molar-refractivity contribution >= 4 is 16.9 Å². The van der Waals surface area contributed by atoms with Crippen LogP contribution in [0.1, 0.15) is 11.3 Å². The molecule has 0 saturated carbocycles. The molecule has 1 aliphatic rings. The van der Waals surface area contributed by atoms with Gasteiger partial charge in [-0.15, -0.1) is 0 Å². The number of nitrogens with zero attached hydrogens (tertiary/aromatic N) is 2. The number of fused-ring (bicyclic) bond motifs is 1. The lowest BCUT2D eigenvalue weighted by Gasteiger charge is -2.27. The number of para-hydroxylation sites is 1. The van der Waals surface area contributed by atoms with Gasteiger partial charge in [0.15, 0.2) is 5.96 Å². The maximum absolute atomic E-state index is 6.05. The van der Waals surface area contributed by atoms with Gasteiger partial charge >= 0.3 is 0 Å². The largest absolute Gasteiger partial charge is 0.378 e. The van der Waals surface area contributed by atoms with E-state index < -0.39 is 0 Å². The van der Waals surface area contributed by atoms with Crippen molar-refractivity contribution in [2.45, 2.75) is 13.3 Å². The van der Waals surface area contributed by atoms with Crippen molar-refractivity contribution in [1.82, 2.24) is 9.88 Å². The van der Waals surface area contributed by atoms with E-state index in [1.54, 1.807) is 0 Å². The average molecular weight is 286 g/mol. The van der Waals surface area contributed by atoms with Crippen LogP contribution in [0.5, 0.6) is 0 Å². The molecule has 0 radical (unpaired) electrons. The summed E-state index contributed by atoms with van der Waals surface area (Å²) in [7, 11) is 0. The van der Waals surface area contributed by atoms with Gasteiger partial charge in [-0.1, -0.05) is 18.2 Å². The molecule has 1 aromatic heterocycles. The number of rotatable bonds is 3. The predicted octanol–water partition coefficient (Wildman–Crippen LogP) is 1.67. The highest BCUT2D eigenvalue weighted by Crippen LogP contribution is 2.22. The number of aryl methyl sites for hydroxylation is 1. The lowest BCUT2D eigenvalue weighted by Crippen LogP contribution is -2.44. The van der Waals surface area contributed by atoms with E-state index in [1.165, 1.54) is 22.2 Å². The number of aromatic nitrogens is 1. The van der Waals surface area contributed by atoms with Gasteiger partial charge in [0.2, 0.25) is 0 Å². The van der Waals surface area contributed by atoms with Gasteiger partial charge in [0, 0.05) is 36.2 Å². The second-order valence-corrected chi connectivity index (χ2v) is 5.36. The molecule has 1 saturated heterocycles. The summed E-state index contributed by atoms with van der Waals surface area (Å²) in [5, 5.41) is 1.29. The summed E-state index contributed by atoms with van der Waals surface area (Å²) >= 11 is 0. The molecular formula is C16H22N4O. The summed E-state index contributed by atoms with van der Waals surface area (Å²) in [6.07, 6.45) is 0.904. The van der Waals surface area contributed by atoms with Crippen LogP contribution in [0.2, 0.25) is 0 Å². The Morgan fingerprint density at radius 3 is 2.90 bits per heavy atom. The number of hydrogen-bond acceptors (Lipinski definition) is 2. The Balaban J connectivity index is 1.67. The van der Waals surface area contributed by atoms with Crippen molar-refractivity contribution in [3.63, 3.8) is 0 Å². The van der Waals surface area contributed by atoms with Crippen molar-refractivity contribution in [1.29, 1.82) is 0 Å². The van der Waals surface area contributed by atoms with Crippen molar-refractivity contribution in [2.75, 3.05) is 32.8 Å². The summed E-state index contributed by atoms with van der Waals surface area (Å²) in [6.45, 7) is 5.97. The topological polar surface area (TPSA) is 66.6 Å². The number of nitrogens with one attached hydrogen (secondary N) is 1. The molecule has 0 unspecified atom stereocenters. The lowest BCUT2D eigenvalue weighted by molar-refractivity contribution is 0.0674. The number of ether oxygens (including phenoxy) is 1. The summed E-state index contributed by atoms with van der Waals surface area (Å²) in [4.78, 5) is 10.0. The molecule has 2 heterocycles. The van der Waals surface area contributed by atoms with Gasteiger partial charge in [-0.3, -0.25) is 4.99 Å². The van der Waals surface area contributed by atoms with Crippen molar-refractivity contribution in [3.8, 4) is 0 Å². The van der Waals surface area contributed by atoms with Crippen LogP contribution in [0, 0.1) is 6.92 Å². The molecule has 2 aromatic rings. The van der Waals surface area contributed by atoms with E-state index in [1.807, 2.05) is 0 Å². The molecule has 3 N–H and O–H groups in total. The van der Waals surface area contributed by atoms with Crippen molar-refractivity contribution in [3.05, 3.63) is 35.5 Å². The number of hydrogen-bond donors (Lipinski definition) is 2. The van der Waals surface area contributed by atoms with Gasteiger partial charge in [-0.05, 0) is 25.0 Å². The standard InChI is InChI=1S/C16H22N4O/c1-12-13(14-4-2-3-5-15(14)19-12)6-7-18-16(17)20-8-10-21-11-9-20/h2-5,19H,6-11H2,1H3,(H2,17,18). The summed E-state index contributed by atoms with van der Waals surface area (Å²) < 4.78 is 5.32. The first-order valence-electron chi connectivity index (χ1n) is 7.44. The first kappa shape index (κ1) is 13.9. The van der Waals surface area contributed by atoms with Gasteiger partial charge in [0.25, 0.3) is 0 Å². The Hall–Kier alpha value is -2.01. The number of nitrogens with two attached hydrogens (primary N) is 1. The van der Waals surface area contributed by atoms with E-state index in [4.69, 9.17) is 10.5 Å². The number of guanidine groups is 1. The third kappa shape index (κ3) is 3.03. The maximum Gasteiger partial charge on any atom is 0.191 e. The summed E-state index contributed by atoms with van der Waals surface area (Å²) in [5.74, 6) is 0.635.